The van der Waals surface area contributed by atoms with Gasteiger partial charge in [-0.1, -0.05) is 17.7 Å². The van der Waals surface area contributed by atoms with Crippen molar-refractivity contribution in [2.24, 2.45) is 0 Å². The molecule has 0 unspecified atom stereocenters. The topological polar surface area (TPSA) is 115 Å². The van der Waals surface area contributed by atoms with Gasteiger partial charge in [-0.05, 0) is 49.2 Å². The molecule has 138 valence electrons. The van der Waals surface area contributed by atoms with E-state index in [1.165, 1.54) is 12.5 Å². The lowest BCUT2D eigenvalue weighted by Gasteiger charge is -2.13. The number of ether oxygens (including phenoxy) is 1. The van der Waals surface area contributed by atoms with Crippen molar-refractivity contribution in [1.29, 1.82) is 0 Å². The van der Waals surface area contributed by atoms with Crippen molar-refractivity contribution in [1.82, 2.24) is 20.4 Å². The van der Waals surface area contributed by atoms with Crippen LogP contribution < -0.4 is 21.3 Å². The molecule has 0 radical (unpaired) electrons. The number of hydrazine groups is 1. The van der Waals surface area contributed by atoms with E-state index in [-0.39, 0.29) is 23.1 Å². The van der Waals surface area contributed by atoms with Crippen molar-refractivity contribution in [2.45, 2.75) is 13.8 Å². The Morgan fingerprint density at radius 1 is 1.15 bits per heavy atom. The van der Waals surface area contributed by atoms with Crippen LogP contribution in [0.25, 0.3) is 0 Å². The number of nitrogens with zero attached hydrogens (tertiary/aromatic N) is 3. The zero-order chi connectivity index (χ0) is 19.4. The Hall–Kier alpha value is -3.39. The maximum Gasteiger partial charge on any atom is 0.288 e. The molecular formula is C18H17ClN6O2. The fourth-order valence-electron chi connectivity index (χ4n) is 2.31. The molecule has 0 aliphatic heterocycles. The van der Waals surface area contributed by atoms with Gasteiger partial charge in [-0.2, -0.15) is 4.98 Å². The molecule has 0 saturated carbocycles. The van der Waals surface area contributed by atoms with Crippen molar-refractivity contribution >= 4 is 29.0 Å². The number of carbonyl (C=O) groups excluding carboxylic acids is 1. The fraction of sp³-hybridized carbons (Fsp3) is 0.111. The number of anilines is 2. The van der Waals surface area contributed by atoms with E-state index in [0.29, 0.717) is 10.8 Å². The smallest absolute Gasteiger partial charge is 0.288 e. The van der Waals surface area contributed by atoms with Crippen LogP contribution in [0.4, 0.5) is 11.5 Å². The highest BCUT2D eigenvalue weighted by molar-refractivity contribution is 6.32. The van der Waals surface area contributed by atoms with Gasteiger partial charge >= 0.3 is 0 Å². The molecule has 1 aromatic carbocycles. The quantitative estimate of drug-likeness (QED) is 0.578. The van der Waals surface area contributed by atoms with E-state index >= 15 is 0 Å². The van der Waals surface area contributed by atoms with Gasteiger partial charge in [-0.3, -0.25) is 20.6 Å². The van der Waals surface area contributed by atoms with Crippen molar-refractivity contribution in [3.63, 3.8) is 0 Å². The van der Waals surface area contributed by atoms with Gasteiger partial charge in [0.05, 0.1) is 0 Å². The monoisotopic (exact) mass is 384 g/mol. The van der Waals surface area contributed by atoms with E-state index in [4.69, 9.17) is 22.1 Å². The molecule has 0 atom stereocenters. The zero-order valence-corrected chi connectivity index (χ0v) is 15.4. The Kier molecular flexibility index (Phi) is 5.37. The number of nitrogen functional groups attached to an aromatic ring is 1. The number of aryl methyl sites for hydroxylation is 2. The number of benzene rings is 1. The molecule has 2 aromatic heterocycles. The summed E-state index contributed by atoms with van der Waals surface area (Å²) in [5.74, 6) is 0.468. The van der Waals surface area contributed by atoms with Crippen molar-refractivity contribution in [2.75, 3.05) is 11.2 Å². The van der Waals surface area contributed by atoms with Crippen LogP contribution in [0.1, 0.15) is 21.6 Å². The van der Waals surface area contributed by atoms with Crippen LogP contribution in [0.2, 0.25) is 5.02 Å². The predicted octanol–water partition coefficient (Wildman–Crippen LogP) is 3.27. The number of rotatable bonds is 5. The molecule has 1 amide bonds. The van der Waals surface area contributed by atoms with E-state index in [9.17, 15) is 4.79 Å². The molecule has 9 heteroatoms. The summed E-state index contributed by atoms with van der Waals surface area (Å²) in [4.78, 5) is 24.1. The summed E-state index contributed by atoms with van der Waals surface area (Å²) in [6.07, 6.45) is 2.80. The van der Waals surface area contributed by atoms with Crippen LogP contribution in [0, 0.1) is 13.8 Å². The number of nitrogens with two attached hydrogens (primary N) is 1. The van der Waals surface area contributed by atoms with Gasteiger partial charge < -0.3 is 10.5 Å². The number of pyridine rings is 1. The highest BCUT2D eigenvalue weighted by Crippen LogP contribution is 2.32. The molecule has 0 spiro atoms. The molecule has 8 nitrogen and oxygen atoms in total. The van der Waals surface area contributed by atoms with Gasteiger partial charge in [0.25, 0.3) is 5.91 Å². The minimum Gasteiger partial charge on any atom is -0.437 e. The molecular weight excluding hydrogens is 368 g/mol. The van der Waals surface area contributed by atoms with Crippen molar-refractivity contribution < 1.29 is 9.53 Å². The number of carbonyl (C=O) groups is 1. The van der Waals surface area contributed by atoms with Crippen LogP contribution in [-0.4, -0.2) is 20.9 Å². The second kappa shape index (κ2) is 7.88. The Bertz CT molecular complexity index is 958. The Labute approximate surface area is 160 Å². The number of halogens is 1. The van der Waals surface area contributed by atoms with Crippen LogP contribution in [0.3, 0.4) is 0 Å². The van der Waals surface area contributed by atoms with Crippen LogP contribution in [-0.2, 0) is 0 Å². The average molecular weight is 385 g/mol. The van der Waals surface area contributed by atoms with Crippen molar-refractivity contribution in [3.8, 4) is 11.6 Å². The van der Waals surface area contributed by atoms with Gasteiger partial charge in [-0.25, -0.2) is 4.98 Å². The first-order valence-electron chi connectivity index (χ1n) is 7.98. The first kappa shape index (κ1) is 18.4. The first-order chi connectivity index (χ1) is 13.0. The number of amides is 1. The molecule has 4 N–H and O–H groups in total. The Morgan fingerprint density at radius 3 is 2.56 bits per heavy atom. The van der Waals surface area contributed by atoms with Gasteiger partial charge in [0.15, 0.2) is 5.82 Å². The second-order valence-electron chi connectivity index (χ2n) is 5.71. The van der Waals surface area contributed by atoms with E-state index in [1.54, 1.807) is 30.3 Å². The molecule has 0 aliphatic rings. The van der Waals surface area contributed by atoms with Crippen LogP contribution in [0.5, 0.6) is 11.6 Å². The summed E-state index contributed by atoms with van der Waals surface area (Å²) >= 11 is 6.17. The number of hydrogen-bond donors (Lipinski definition) is 3. The molecule has 2 heterocycles. The van der Waals surface area contributed by atoms with Gasteiger partial charge in [-0.15, -0.1) is 0 Å². The van der Waals surface area contributed by atoms with Crippen LogP contribution >= 0.6 is 11.6 Å². The summed E-state index contributed by atoms with van der Waals surface area (Å²) in [6.45, 7) is 3.76. The third-order valence-electron chi connectivity index (χ3n) is 3.66. The lowest BCUT2D eigenvalue weighted by molar-refractivity contribution is 0.0957. The fourth-order valence-corrected chi connectivity index (χ4v) is 2.42. The zero-order valence-electron chi connectivity index (χ0n) is 14.7. The standard InChI is InChI=1S/C18H17ClN6O2/c1-10-7-12(8-11(2)14(10)19)27-18-15(20)16(22-9-23-18)24-25-17(26)13-5-3-4-6-21-13/h3-9H,20H2,1-2H3,(H,25,26)(H,22,23,24). The lowest BCUT2D eigenvalue weighted by atomic mass is 10.1. The molecule has 0 aliphatic carbocycles. The Balaban J connectivity index is 1.75. The summed E-state index contributed by atoms with van der Waals surface area (Å²) in [6, 6.07) is 8.58. The third kappa shape index (κ3) is 4.24. The third-order valence-corrected chi connectivity index (χ3v) is 4.26. The van der Waals surface area contributed by atoms with E-state index in [2.05, 4.69) is 25.8 Å². The maximum absolute atomic E-state index is 12.0. The first-order valence-corrected chi connectivity index (χ1v) is 8.36. The highest BCUT2D eigenvalue weighted by Gasteiger charge is 2.13. The molecule has 3 aromatic rings. The summed E-state index contributed by atoms with van der Waals surface area (Å²) in [5.41, 5.74) is 13.3. The Morgan fingerprint density at radius 2 is 1.89 bits per heavy atom. The SMILES string of the molecule is Cc1cc(Oc2ncnc(NNC(=O)c3ccccn3)c2N)cc(C)c1Cl. The molecule has 0 bridgehead atoms. The summed E-state index contributed by atoms with van der Waals surface area (Å²) in [7, 11) is 0. The molecule has 0 saturated heterocycles. The largest absolute Gasteiger partial charge is 0.437 e. The number of nitrogens with one attached hydrogen (secondary N) is 2. The summed E-state index contributed by atoms with van der Waals surface area (Å²) in [5, 5.41) is 0.678. The normalized spacial score (nSPS) is 10.3. The van der Waals surface area contributed by atoms with Gasteiger partial charge in [0.1, 0.15) is 23.5 Å². The average Bonchev–Trinajstić information content (AvgIpc) is 2.67. The minimum absolute atomic E-state index is 0.143. The molecule has 3 rings (SSSR count). The molecule has 0 fully saturated rings. The van der Waals surface area contributed by atoms with Crippen LogP contribution in [0.15, 0.2) is 42.9 Å². The van der Waals surface area contributed by atoms with E-state index < -0.39 is 5.91 Å². The highest BCUT2D eigenvalue weighted by atomic mass is 35.5. The number of aromatic nitrogens is 3. The van der Waals surface area contributed by atoms with Gasteiger partial charge in [0.2, 0.25) is 5.88 Å². The van der Waals surface area contributed by atoms with E-state index in [1.807, 2.05) is 13.8 Å². The lowest BCUT2D eigenvalue weighted by Crippen LogP contribution is -2.30. The number of hydrogen-bond acceptors (Lipinski definition) is 7. The van der Waals surface area contributed by atoms with Gasteiger partial charge in [0, 0.05) is 11.2 Å². The van der Waals surface area contributed by atoms with E-state index in [0.717, 1.165) is 11.1 Å². The predicted molar refractivity (Wildman–Crippen MR) is 103 cm³/mol. The van der Waals surface area contributed by atoms with Crippen molar-refractivity contribution in [3.05, 3.63) is 64.7 Å². The summed E-state index contributed by atoms with van der Waals surface area (Å²) < 4.78 is 5.76. The maximum atomic E-state index is 12.0. The molecule has 27 heavy (non-hydrogen) atoms. The minimum atomic E-state index is -0.431. The second-order valence-corrected chi connectivity index (χ2v) is 6.09.